The summed E-state index contributed by atoms with van der Waals surface area (Å²) >= 11 is 0. The van der Waals surface area contributed by atoms with E-state index in [1.54, 1.807) is 0 Å². The van der Waals surface area contributed by atoms with Gasteiger partial charge in [-0.3, -0.25) is 9.89 Å². The van der Waals surface area contributed by atoms with E-state index in [0.29, 0.717) is 6.04 Å². The van der Waals surface area contributed by atoms with E-state index in [1.165, 1.54) is 5.56 Å². The van der Waals surface area contributed by atoms with E-state index in [2.05, 4.69) is 50.4 Å². The Labute approximate surface area is 163 Å². The van der Waals surface area contributed by atoms with Crippen molar-refractivity contribution in [1.82, 2.24) is 15.1 Å². The summed E-state index contributed by atoms with van der Waals surface area (Å²) in [6, 6.07) is 11.2. The highest BCUT2D eigenvalue weighted by Gasteiger charge is 2.41. The van der Waals surface area contributed by atoms with Crippen LogP contribution in [0, 0.1) is 0 Å². The maximum atomic E-state index is 6.08. The molecule has 1 aromatic carbocycles. The number of ether oxygens (including phenoxy) is 2. The molecule has 0 saturated carbocycles. The Morgan fingerprint density at radius 1 is 1.26 bits per heavy atom. The van der Waals surface area contributed by atoms with Crippen LogP contribution < -0.4 is 5.32 Å². The first-order chi connectivity index (χ1) is 13.3. The minimum Gasteiger partial charge on any atom is -0.382 e. The first kappa shape index (κ1) is 20.1. The Hall–Kier alpha value is -1.63. The molecule has 2 fully saturated rings. The van der Waals surface area contributed by atoms with E-state index < -0.39 is 0 Å². The van der Waals surface area contributed by atoms with Crippen LogP contribution in [0.2, 0.25) is 0 Å². The van der Waals surface area contributed by atoms with Crippen molar-refractivity contribution < 1.29 is 9.47 Å². The second-order valence-electron chi connectivity index (χ2n) is 7.22. The third-order valence-corrected chi connectivity index (χ3v) is 5.36. The minimum absolute atomic E-state index is 0.263. The topological polar surface area (TPSA) is 49.3 Å². The largest absolute Gasteiger partial charge is 0.382 e. The molecule has 2 aliphatic rings. The van der Waals surface area contributed by atoms with Gasteiger partial charge in [0.25, 0.3) is 0 Å². The second kappa shape index (κ2) is 10.6. The fraction of sp³-hybridized carbons (Fsp3) is 0.667. The van der Waals surface area contributed by atoms with Crippen molar-refractivity contribution in [3.8, 4) is 0 Å². The lowest BCUT2D eigenvalue weighted by atomic mass is 10.1. The normalized spacial score (nSPS) is 23.5. The summed E-state index contributed by atoms with van der Waals surface area (Å²) in [5.41, 5.74) is 1.37. The van der Waals surface area contributed by atoms with Gasteiger partial charge in [0.2, 0.25) is 0 Å². The van der Waals surface area contributed by atoms with Gasteiger partial charge in [-0.05, 0) is 25.3 Å². The predicted octanol–water partition coefficient (Wildman–Crippen LogP) is 1.96. The van der Waals surface area contributed by atoms with Gasteiger partial charge in [-0.2, -0.15) is 0 Å². The number of fused-ring (bicyclic) bond motifs is 1. The van der Waals surface area contributed by atoms with E-state index in [1.807, 2.05) is 14.0 Å². The van der Waals surface area contributed by atoms with Crippen LogP contribution in [0.25, 0.3) is 0 Å². The van der Waals surface area contributed by atoms with Crippen molar-refractivity contribution >= 4 is 5.96 Å². The summed E-state index contributed by atoms with van der Waals surface area (Å²) < 4.78 is 11.5. The highest BCUT2D eigenvalue weighted by atomic mass is 16.5. The van der Waals surface area contributed by atoms with Crippen LogP contribution in [0.5, 0.6) is 0 Å². The maximum absolute atomic E-state index is 6.08. The molecule has 0 radical (unpaired) electrons. The number of benzene rings is 1. The summed E-state index contributed by atoms with van der Waals surface area (Å²) in [6.07, 6.45) is 2.44. The second-order valence-corrected chi connectivity index (χ2v) is 7.22. The summed E-state index contributed by atoms with van der Waals surface area (Å²) in [4.78, 5) is 9.41. The number of nitrogens with one attached hydrogen (secondary N) is 1. The lowest BCUT2D eigenvalue weighted by molar-refractivity contribution is -0.0502. The summed E-state index contributed by atoms with van der Waals surface area (Å²) in [6.45, 7) is 9.28. The first-order valence-corrected chi connectivity index (χ1v) is 10.2. The quantitative estimate of drug-likeness (QED) is 0.428. The highest BCUT2D eigenvalue weighted by molar-refractivity contribution is 5.80. The van der Waals surface area contributed by atoms with Gasteiger partial charge in [0, 0.05) is 53.0 Å². The molecule has 1 aromatic rings. The average Bonchev–Trinajstić information content (AvgIpc) is 3.13. The zero-order valence-electron chi connectivity index (χ0n) is 16.8. The zero-order valence-corrected chi connectivity index (χ0v) is 16.8. The van der Waals surface area contributed by atoms with Gasteiger partial charge in [-0.15, -0.1) is 0 Å². The smallest absolute Gasteiger partial charge is 0.193 e. The van der Waals surface area contributed by atoms with Crippen molar-refractivity contribution in [3.63, 3.8) is 0 Å². The Morgan fingerprint density at radius 2 is 2.11 bits per heavy atom. The minimum atomic E-state index is 0.263. The standard InChI is InChI=1S/C21H34N4O2/c1-3-26-13-8-7-11-23-21(22-2)25-16-19-20(17-25)27-14-12-24(19)15-18-9-5-4-6-10-18/h4-6,9-10,19-20H,3,7-8,11-17H2,1-2H3,(H,22,23). The molecule has 150 valence electrons. The van der Waals surface area contributed by atoms with Crippen molar-refractivity contribution in [2.24, 2.45) is 4.99 Å². The third kappa shape index (κ3) is 5.67. The summed E-state index contributed by atoms with van der Waals surface area (Å²) in [7, 11) is 1.87. The fourth-order valence-corrected chi connectivity index (χ4v) is 3.95. The third-order valence-electron chi connectivity index (χ3n) is 5.36. The summed E-state index contributed by atoms with van der Waals surface area (Å²) in [5, 5.41) is 3.51. The fourth-order valence-electron chi connectivity index (χ4n) is 3.95. The van der Waals surface area contributed by atoms with Crippen LogP contribution in [-0.4, -0.2) is 81.0 Å². The summed E-state index contributed by atoms with van der Waals surface area (Å²) in [5.74, 6) is 0.990. The zero-order chi connectivity index (χ0) is 18.9. The van der Waals surface area contributed by atoms with E-state index >= 15 is 0 Å². The Morgan fingerprint density at radius 3 is 2.89 bits per heavy atom. The molecule has 27 heavy (non-hydrogen) atoms. The van der Waals surface area contributed by atoms with Crippen LogP contribution in [0.15, 0.2) is 35.3 Å². The van der Waals surface area contributed by atoms with Gasteiger partial charge in [-0.25, -0.2) is 0 Å². The number of morpholine rings is 1. The number of aliphatic imine (C=N–C) groups is 1. The molecule has 6 nitrogen and oxygen atoms in total. The molecule has 0 amide bonds. The van der Waals surface area contributed by atoms with Crippen molar-refractivity contribution in [2.75, 3.05) is 53.0 Å². The molecule has 2 saturated heterocycles. The first-order valence-electron chi connectivity index (χ1n) is 10.2. The SMILES string of the molecule is CCOCCCCNC(=NC)N1CC2OCCN(Cc3ccccc3)C2C1. The van der Waals surface area contributed by atoms with E-state index in [0.717, 1.165) is 71.3 Å². The van der Waals surface area contributed by atoms with E-state index in [4.69, 9.17) is 9.47 Å². The van der Waals surface area contributed by atoms with Gasteiger partial charge < -0.3 is 19.7 Å². The number of nitrogens with zero attached hydrogens (tertiary/aromatic N) is 3. The molecule has 0 aliphatic carbocycles. The van der Waals surface area contributed by atoms with Gasteiger partial charge in [0.15, 0.2) is 5.96 Å². The predicted molar refractivity (Wildman–Crippen MR) is 109 cm³/mol. The van der Waals surface area contributed by atoms with Gasteiger partial charge in [0.1, 0.15) is 0 Å². The molecular weight excluding hydrogens is 340 g/mol. The molecular formula is C21H34N4O2. The van der Waals surface area contributed by atoms with Gasteiger partial charge >= 0.3 is 0 Å². The van der Waals surface area contributed by atoms with Crippen LogP contribution in [0.4, 0.5) is 0 Å². The Balaban J connectivity index is 1.50. The molecule has 0 aromatic heterocycles. The number of guanidine groups is 1. The molecule has 2 unspecified atom stereocenters. The average molecular weight is 375 g/mol. The number of hydrogen-bond acceptors (Lipinski definition) is 4. The molecule has 6 heteroatoms. The lowest BCUT2D eigenvalue weighted by Crippen LogP contribution is -2.50. The van der Waals surface area contributed by atoms with Crippen molar-refractivity contribution in [2.45, 2.75) is 38.5 Å². The molecule has 3 rings (SSSR count). The molecule has 2 atom stereocenters. The number of rotatable bonds is 8. The van der Waals surface area contributed by atoms with E-state index in [9.17, 15) is 0 Å². The van der Waals surface area contributed by atoms with Crippen LogP contribution >= 0.6 is 0 Å². The monoisotopic (exact) mass is 374 g/mol. The molecule has 2 heterocycles. The van der Waals surface area contributed by atoms with E-state index in [-0.39, 0.29) is 6.10 Å². The molecule has 0 spiro atoms. The maximum Gasteiger partial charge on any atom is 0.193 e. The van der Waals surface area contributed by atoms with Crippen LogP contribution in [0.3, 0.4) is 0 Å². The number of hydrogen-bond donors (Lipinski definition) is 1. The number of unbranched alkanes of at least 4 members (excludes halogenated alkanes) is 1. The molecule has 2 aliphatic heterocycles. The van der Waals surface area contributed by atoms with Gasteiger partial charge in [0.05, 0.1) is 18.8 Å². The van der Waals surface area contributed by atoms with Crippen LogP contribution in [0.1, 0.15) is 25.3 Å². The molecule has 1 N–H and O–H groups in total. The Bertz CT molecular complexity index is 581. The van der Waals surface area contributed by atoms with Crippen LogP contribution in [-0.2, 0) is 16.0 Å². The highest BCUT2D eigenvalue weighted by Crippen LogP contribution is 2.24. The lowest BCUT2D eigenvalue weighted by Gasteiger charge is -2.36. The van der Waals surface area contributed by atoms with Crippen molar-refractivity contribution in [1.29, 1.82) is 0 Å². The van der Waals surface area contributed by atoms with Gasteiger partial charge in [-0.1, -0.05) is 30.3 Å². The number of likely N-dealkylation sites (tertiary alicyclic amines) is 1. The Kier molecular flexibility index (Phi) is 7.93. The molecule has 0 bridgehead atoms. The van der Waals surface area contributed by atoms with Crippen molar-refractivity contribution in [3.05, 3.63) is 35.9 Å².